The van der Waals surface area contributed by atoms with Gasteiger partial charge in [0, 0.05) is 37.7 Å². The summed E-state index contributed by atoms with van der Waals surface area (Å²) in [6, 6.07) is 12.8. The van der Waals surface area contributed by atoms with E-state index in [-0.39, 0.29) is 17.9 Å². The molecule has 1 aliphatic rings. The van der Waals surface area contributed by atoms with E-state index in [1.54, 1.807) is 0 Å². The molecule has 1 fully saturated rings. The second kappa shape index (κ2) is 10.2. The highest BCUT2D eigenvalue weighted by molar-refractivity contribution is 7.12. The summed E-state index contributed by atoms with van der Waals surface area (Å²) < 4.78 is 0. The molecule has 1 atom stereocenters. The minimum atomic E-state index is 0.0772. The van der Waals surface area contributed by atoms with Gasteiger partial charge in [-0.1, -0.05) is 58.0 Å². The van der Waals surface area contributed by atoms with Crippen molar-refractivity contribution in [1.82, 2.24) is 9.80 Å². The number of quaternary nitrogens is 1. The molecule has 2 heterocycles. The van der Waals surface area contributed by atoms with Crippen molar-refractivity contribution < 1.29 is 14.9 Å². The van der Waals surface area contributed by atoms with Crippen LogP contribution in [0.25, 0.3) is 0 Å². The van der Waals surface area contributed by atoms with Crippen LogP contribution in [0, 0.1) is 5.92 Å². The third-order valence-electron chi connectivity index (χ3n) is 5.90. The predicted octanol–water partition coefficient (Wildman–Crippen LogP) is 3.12. The van der Waals surface area contributed by atoms with E-state index >= 15 is 0 Å². The lowest BCUT2D eigenvalue weighted by atomic mass is 9.93. The number of hydrogen-bond acceptors (Lipinski definition) is 3. The lowest BCUT2D eigenvalue weighted by molar-refractivity contribution is -0.692. The highest BCUT2D eigenvalue weighted by Crippen LogP contribution is 2.21. The summed E-state index contributed by atoms with van der Waals surface area (Å²) >= 11 is 1.47. The fourth-order valence-corrected chi connectivity index (χ4v) is 4.66. The summed E-state index contributed by atoms with van der Waals surface area (Å²) in [5, 5.41) is 4.09. The second-order valence-electron chi connectivity index (χ2n) is 8.68. The Hall–Kier alpha value is -2.18. The fraction of sp³-hybridized carbons (Fsp3) is 0.500. The van der Waals surface area contributed by atoms with Crippen LogP contribution in [-0.2, 0) is 4.79 Å². The van der Waals surface area contributed by atoms with Gasteiger partial charge in [0.1, 0.15) is 6.04 Å². The highest BCUT2D eigenvalue weighted by atomic mass is 32.1. The SMILES string of the molecule is CC(C)c1ccc([C@@H]([NH2+]CC(=O)N2CCN(C(=O)c3cccs3)CC2)C(C)C)cc1. The van der Waals surface area contributed by atoms with Crippen molar-refractivity contribution >= 4 is 23.2 Å². The maximum Gasteiger partial charge on any atom is 0.277 e. The average Bonchev–Trinajstić information content (AvgIpc) is 3.28. The van der Waals surface area contributed by atoms with E-state index in [4.69, 9.17) is 0 Å². The second-order valence-corrected chi connectivity index (χ2v) is 9.63. The number of carbonyl (C=O) groups is 2. The van der Waals surface area contributed by atoms with Gasteiger partial charge >= 0.3 is 0 Å². The van der Waals surface area contributed by atoms with Gasteiger partial charge in [0.15, 0.2) is 6.54 Å². The van der Waals surface area contributed by atoms with Gasteiger partial charge in [-0.15, -0.1) is 11.3 Å². The van der Waals surface area contributed by atoms with Crippen molar-refractivity contribution in [2.24, 2.45) is 5.92 Å². The van der Waals surface area contributed by atoms with Crippen LogP contribution in [0.1, 0.15) is 60.5 Å². The summed E-state index contributed by atoms with van der Waals surface area (Å²) in [6.07, 6.45) is 0. The molecular weight excluding hydrogens is 394 g/mol. The molecule has 0 spiro atoms. The Morgan fingerprint density at radius 2 is 1.53 bits per heavy atom. The average molecular weight is 429 g/mol. The summed E-state index contributed by atoms with van der Waals surface area (Å²) in [7, 11) is 0. The molecule has 2 amide bonds. The largest absolute Gasteiger partial charge is 0.334 e. The molecular formula is C24H34N3O2S+. The molecule has 2 N–H and O–H groups in total. The molecule has 1 saturated heterocycles. The minimum Gasteiger partial charge on any atom is -0.334 e. The monoisotopic (exact) mass is 428 g/mol. The first kappa shape index (κ1) is 22.5. The predicted molar refractivity (Wildman–Crippen MR) is 122 cm³/mol. The number of amides is 2. The highest BCUT2D eigenvalue weighted by Gasteiger charge is 2.27. The van der Waals surface area contributed by atoms with Gasteiger partial charge in [-0.3, -0.25) is 9.59 Å². The summed E-state index contributed by atoms with van der Waals surface area (Å²) in [5.74, 6) is 1.19. The van der Waals surface area contributed by atoms with Crippen molar-refractivity contribution in [3.8, 4) is 0 Å². The first-order chi connectivity index (χ1) is 14.4. The van der Waals surface area contributed by atoms with Crippen LogP contribution in [-0.4, -0.2) is 54.3 Å². The van der Waals surface area contributed by atoms with Gasteiger partial charge in [-0.05, 0) is 22.9 Å². The maximum atomic E-state index is 12.8. The molecule has 1 aromatic carbocycles. The van der Waals surface area contributed by atoms with Crippen molar-refractivity contribution in [2.75, 3.05) is 32.7 Å². The Morgan fingerprint density at radius 3 is 2.07 bits per heavy atom. The Labute approximate surface area is 184 Å². The Balaban J connectivity index is 1.52. The quantitative estimate of drug-likeness (QED) is 0.737. The third-order valence-corrected chi connectivity index (χ3v) is 6.76. The number of rotatable bonds is 7. The molecule has 0 aliphatic carbocycles. The molecule has 6 heteroatoms. The molecule has 5 nitrogen and oxygen atoms in total. The maximum absolute atomic E-state index is 12.8. The molecule has 0 unspecified atom stereocenters. The van der Waals surface area contributed by atoms with Crippen molar-refractivity contribution in [3.05, 3.63) is 57.8 Å². The van der Waals surface area contributed by atoms with Gasteiger partial charge in [0.05, 0.1) is 4.88 Å². The smallest absolute Gasteiger partial charge is 0.277 e. The number of nitrogens with zero attached hydrogens (tertiary/aromatic N) is 2. The molecule has 0 radical (unpaired) electrons. The number of nitrogens with two attached hydrogens (primary N) is 1. The van der Waals surface area contributed by atoms with Gasteiger partial charge in [-0.25, -0.2) is 0 Å². The lowest BCUT2D eigenvalue weighted by Gasteiger charge is -2.34. The number of thiophene rings is 1. The lowest BCUT2D eigenvalue weighted by Crippen LogP contribution is -2.88. The van der Waals surface area contributed by atoms with Gasteiger partial charge in [0.25, 0.3) is 11.8 Å². The molecule has 30 heavy (non-hydrogen) atoms. The van der Waals surface area contributed by atoms with Gasteiger partial charge < -0.3 is 15.1 Å². The van der Waals surface area contributed by atoms with E-state index in [9.17, 15) is 9.59 Å². The molecule has 0 bridgehead atoms. The standard InChI is InChI=1S/C24H33N3O2S/c1-17(2)19-7-9-20(10-8-19)23(18(3)4)25-16-22(28)26-11-13-27(14-12-26)24(29)21-6-5-15-30-21/h5-10,15,17-18,23,25H,11-14,16H2,1-4H3/p+1/t23-/m0/s1. The van der Waals surface area contributed by atoms with E-state index in [2.05, 4.69) is 57.3 Å². The topological polar surface area (TPSA) is 57.2 Å². The zero-order valence-corrected chi connectivity index (χ0v) is 19.3. The van der Waals surface area contributed by atoms with Crippen LogP contribution in [0.4, 0.5) is 0 Å². The van der Waals surface area contributed by atoms with E-state index in [1.165, 1.54) is 22.5 Å². The van der Waals surface area contributed by atoms with E-state index < -0.39 is 0 Å². The Kier molecular flexibility index (Phi) is 7.67. The third kappa shape index (κ3) is 5.49. The number of carbonyl (C=O) groups excluding carboxylic acids is 2. The van der Waals surface area contributed by atoms with Crippen LogP contribution in [0.2, 0.25) is 0 Å². The van der Waals surface area contributed by atoms with Gasteiger partial charge in [0.2, 0.25) is 0 Å². The number of benzene rings is 1. The number of piperazine rings is 1. The first-order valence-corrected chi connectivity index (χ1v) is 11.8. The summed E-state index contributed by atoms with van der Waals surface area (Å²) in [4.78, 5) is 29.8. The zero-order valence-electron chi connectivity index (χ0n) is 18.5. The van der Waals surface area contributed by atoms with Crippen molar-refractivity contribution in [3.63, 3.8) is 0 Å². The molecule has 2 aromatic rings. The van der Waals surface area contributed by atoms with Crippen LogP contribution in [0.5, 0.6) is 0 Å². The molecule has 1 aliphatic heterocycles. The minimum absolute atomic E-state index is 0.0772. The van der Waals surface area contributed by atoms with Crippen molar-refractivity contribution in [1.29, 1.82) is 0 Å². The van der Waals surface area contributed by atoms with E-state index in [1.807, 2.05) is 27.3 Å². The summed E-state index contributed by atoms with van der Waals surface area (Å²) in [5.41, 5.74) is 2.61. The van der Waals surface area contributed by atoms with Crippen LogP contribution in [0.15, 0.2) is 41.8 Å². The molecule has 1 aromatic heterocycles. The molecule has 0 saturated carbocycles. The van der Waals surface area contributed by atoms with Crippen molar-refractivity contribution in [2.45, 2.75) is 39.7 Å². The first-order valence-electron chi connectivity index (χ1n) is 10.9. The normalized spacial score (nSPS) is 15.7. The van der Waals surface area contributed by atoms with Crippen LogP contribution in [0.3, 0.4) is 0 Å². The van der Waals surface area contributed by atoms with Crippen LogP contribution >= 0.6 is 11.3 Å². The molecule has 3 rings (SSSR count). The van der Waals surface area contributed by atoms with Gasteiger partial charge in [-0.2, -0.15) is 0 Å². The van der Waals surface area contributed by atoms with Crippen LogP contribution < -0.4 is 5.32 Å². The summed E-state index contributed by atoms with van der Waals surface area (Å²) in [6.45, 7) is 11.7. The van der Waals surface area contributed by atoms with E-state index in [0.29, 0.717) is 44.6 Å². The Morgan fingerprint density at radius 1 is 0.933 bits per heavy atom. The molecule has 162 valence electrons. The number of hydrogen-bond donors (Lipinski definition) is 1. The Bertz CT molecular complexity index is 823. The van der Waals surface area contributed by atoms with E-state index in [0.717, 1.165) is 4.88 Å². The zero-order chi connectivity index (χ0) is 21.7. The fourth-order valence-electron chi connectivity index (χ4n) is 3.97.